The quantitative estimate of drug-likeness (QED) is 0.757. The molecule has 0 saturated carbocycles. The highest BCUT2D eigenvalue weighted by atomic mass is 16.3. The minimum atomic E-state index is -0.499. The maximum atomic E-state index is 11.8. The van der Waals surface area contributed by atoms with Crippen LogP contribution in [-0.4, -0.2) is 16.3 Å². The highest BCUT2D eigenvalue weighted by molar-refractivity contribution is 5.38. The van der Waals surface area contributed by atoms with E-state index in [9.17, 15) is 9.90 Å². The van der Waals surface area contributed by atoms with E-state index in [4.69, 9.17) is 5.26 Å². The third-order valence-corrected chi connectivity index (χ3v) is 2.55. The summed E-state index contributed by atoms with van der Waals surface area (Å²) in [7, 11) is 0. The lowest BCUT2D eigenvalue weighted by molar-refractivity contribution is 0.421. The fourth-order valence-electron chi connectivity index (χ4n) is 1.57. The van der Waals surface area contributed by atoms with E-state index in [-0.39, 0.29) is 11.4 Å². The molecule has 1 heterocycles. The van der Waals surface area contributed by atoms with Crippen molar-refractivity contribution in [1.82, 2.24) is 4.68 Å². The number of aromatic nitrogens is 1. The van der Waals surface area contributed by atoms with Crippen LogP contribution >= 0.6 is 0 Å². The van der Waals surface area contributed by atoms with Gasteiger partial charge in [0, 0.05) is 12.6 Å². The molecule has 0 saturated heterocycles. The maximum Gasteiger partial charge on any atom is 0.290 e. The Morgan fingerprint density at radius 3 is 2.82 bits per heavy atom. The van der Waals surface area contributed by atoms with Gasteiger partial charge < -0.3 is 10.5 Å². The van der Waals surface area contributed by atoms with Gasteiger partial charge in [-0.25, -0.2) is 0 Å². The van der Waals surface area contributed by atoms with Crippen LogP contribution in [-0.2, 0) is 0 Å². The average molecular weight is 235 g/mol. The molecular formula is C12H17N3O2. The second-order valence-corrected chi connectivity index (χ2v) is 3.93. The van der Waals surface area contributed by atoms with E-state index in [1.807, 2.05) is 6.07 Å². The van der Waals surface area contributed by atoms with Gasteiger partial charge in [0.15, 0.2) is 0 Å². The molecule has 1 rings (SSSR count). The van der Waals surface area contributed by atoms with Crippen molar-refractivity contribution >= 4 is 0 Å². The van der Waals surface area contributed by atoms with Crippen molar-refractivity contribution in [1.29, 1.82) is 5.26 Å². The molecule has 5 nitrogen and oxygen atoms in total. The first-order valence-electron chi connectivity index (χ1n) is 5.71. The summed E-state index contributed by atoms with van der Waals surface area (Å²) in [6.07, 6.45) is 3.05. The molecule has 1 aromatic heterocycles. The lowest BCUT2D eigenvalue weighted by atomic mass is 10.2. The van der Waals surface area contributed by atoms with Gasteiger partial charge in [0.05, 0.1) is 0 Å². The van der Waals surface area contributed by atoms with Crippen molar-refractivity contribution in [2.75, 3.05) is 12.0 Å². The zero-order chi connectivity index (χ0) is 12.8. The molecule has 92 valence electrons. The van der Waals surface area contributed by atoms with Gasteiger partial charge in [-0.05, 0) is 18.9 Å². The van der Waals surface area contributed by atoms with Crippen LogP contribution in [0.3, 0.4) is 0 Å². The summed E-state index contributed by atoms with van der Waals surface area (Å²) in [5.41, 5.74) is 2.87. The largest absolute Gasteiger partial charge is 0.493 e. The molecule has 0 aliphatic heterocycles. The molecular weight excluding hydrogens is 218 g/mol. The molecule has 0 amide bonds. The fourth-order valence-corrected chi connectivity index (χ4v) is 1.57. The minimum Gasteiger partial charge on any atom is -0.493 e. The van der Waals surface area contributed by atoms with E-state index in [2.05, 4.69) is 12.3 Å². The second kappa shape index (κ2) is 5.94. The first kappa shape index (κ1) is 13.1. The van der Waals surface area contributed by atoms with E-state index in [1.54, 1.807) is 6.92 Å². The molecule has 0 atom stereocenters. The Morgan fingerprint density at radius 2 is 2.24 bits per heavy atom. The highest BCUT2D eigenvalue weighted by Crippen LogP contribution is 2.10. The topological polar surface area (TPSA) is 78.0 Å². The van der Waals surface area contributed by atoms with Crippen molar-refractivity contribution < 1.29 is 5.11 Å². The number of aryl methyl sites for hydroxylation is 1. The SMILES string of the molecule is CCCCCNn1c(O)cc(C)c(C#N)c1=O. The Morgan fingerprint density at radius 1 is 1.53 bits per heavy atom. The fraction of sp³-hybridized carbons (Fsp3) is 0.500. The second-order valence-electron chi connectivity index (χ2n) is 3.93. The Balaban J connectivity index is 2.93. The molecule has 0 aliphatic carbocycles. The summed E-state index contributed by atoms with van der Waals surface area (Å²) in [4.78, 5) is 11.8. The van der Waals surface area contributed by atoms with Gasteiger partial charge in [-0.15, -0.1) is 0 Å². The van der Waals surface area contributed by atoms with Gasteiger partial charge in [-0.1, -0.05) is 19.8 Å². The normalized spacial score (nSPS) is 9.94. The first-order chi connectivity index (χ1) is 8.11. The number of nitrogens with one attached hydrogen (secondary N) is 1. The predicted octanol–water partition coefficient (Wildman–Crippen LogP) is 1.47. The Labute approximate surface area is 100 Å². The summed E-state index contributed by atoms with van der Waals surface area (Å²) in [5, 5.41) is 18.5. The van der Waals surface area contributed by atoms with Gasteiger partial charge in [0.2, 0.25) is 5.88 Å². The van der Waals surface area contributed by atoms with Crippen molar-refractivity contribution in [2.45, 2.75) is 33.1 Å². The highest BCUT2D eigenvalue weighted by Gasteiger charge is 2.10. The van der Waals surface area contributed by atoms with Crippen LogP contribution in [0.5, 0.6) is 5.88 Å². The van der Waals surface area contributed by atoms with Crippen LogP contribution in [0.25, 0.3) is 0 Å². The minimum absolute atomic E-state index is 0.0609. The zero-order valence-electron chi connectivity index (χ0n) is 10.2. The van der Waals surface area contributed by atoms with Crippen LogP contribution < -0.4 is 11.0 Å². The molecule has 0 unspecified atom stereocenters. The van der Waals surface area contributed by atoms with E-state index >= 15 is 0 Å². The maximum absolute atomic E-state index is 11.8. The lowest BCUT2D eigenvalue weighted by Gasteiger charge is -2.12. The van der Waals surface area contributed by atoms with E-state index in [1.165, 1.54) is 6.07 Å². The Hall–Kier alpha value is -1.96. The zero-order valence-corrected chi connectivity index (χ0v) is 10.2. The van der Waals surface area contributed by atoms with Crippen molar-refractivity contribution in [3.05, 3.63) is 27.5 Å². The smallest absolute Gasteiger partial charge is 0.290 e. The number of hydrogen-bond donors (Lipinski definition) is 2. The number of hydrogen-bond acceptors (Lipinski definition) is 4. The van der Waals surface area contributed by atoms with Crippen LogP contribution in [0.4, 0.5) is 0 Å². The Kier molecular flexibility index (Phi) is 4.58. The molecule has 1 aromatic rings. The lowest BCUT2D eigenvalue weighted by Crippen LogP contribution is -2.31. The summed E-state index contributed by atoms with van der Waals surface area (Å²) in [6.45, 7) is 4.31. The van der Waals surface area contributed by atoms with Gasteiger partial charge >= 0.3 is 0 Å². The van der Waals surface area contributed by atoms with Crippen LogP contribution in [0, 0.1) is 18.3 Å². The van der Waals surface area contributed by atoms with Crippen LogP contribution in [0.15, 0.2) is 10.9 Å². The Bertz CT molecular complexity index is 486. The van der Waals surface area contributed by atoms with E-state index in [0.29, 0.717) is 12.1 Å². The molecule has 2 N–H and O–H groups in total. The summed E-state index contributed by atoms with van der Waals surface area (Å²) in [6, 6.07) is 3.26. The number of unbranched alkanes of at least 4 members (excludes halogenated alkanes) is 2. The molecule has 0 aliphatic rings. The number of aromatic hydroxyl groups is 1. The number of pyridine rings is 1. The molecule has 0 spiro atoms. The standard InChI is InChI=1S/C12H17N3O2/c1-3-4-5-6-14-15-11(16)7-9(2)10(8-13)12(15)17/h7,14,16H,3-6H2,1-2H3. The molecule has 5 heteroatoms. The van der Waals surface area contributed by atoms with Gasteiger partial charge in [0.1, 0.15) is 11.6 Å². The van der Waals surface area contributed by atoms with Gasteiger partial charge in [-0.3, -0.25) is 4.79 Å². The van der Waals surface area contributed by atoms with Crippen LogP contribution in [0.1, 0.15) is 37.3 Å². The van der Waals surface area contributed by atoms with E-state index in [0.717, 1.165) is 23.9 Å². The van der Waals surface area contributed by atoms with E-state index < -0.39 is 5.56 Å². The molecule has 0 radical (unpaired) electrons. The predicted molar refractivity (Wildman–Crippen MR) is 65.6 cm³/mol. The molecule has 0 bridgehead atoms. The first-order valence-corrected chi connectivity index (χ1v) is 5.71. The third kappa shape index (κ3) is 3.00. The number of rotatable bonds is 5. The third-order valence-electron chi connectivity index (χ3n) is 2.55. The molecule has 0 fully saturated rings. The molecule has 17 heavy (non-hydrogen) atoms. The average Bonchev–Trinajstić information content (AvgIpc) is 2.28. The summed E-state index contributed by atoms with van der Waals surface area (Å²) < 4.78 is 1.03. The number of nitrogens with zero attached hydrogens (tertiary/aromatic N) is 2. The van der Waals surface area contributed by atoms with Crippen molar-refractivity contribution in [3.63, 3.8) is 0 Å². The van der Waals surface area contributed by atoms with Gasteiger partial charge in [0.25, 0.3) is 5.56 Å². The van der Waals surface area contributed by atoms with Crippen molar-refractivity contribution in [2.24, 2.45) is 0 Å². The summed E-state index contributed by atoms with van der Waals surface area (Å²) >= 11 is 0. The monoisotopic (exact) mass is 235 g/mol. The number of nitriles is 1. The van der Waals surface area contributed by atoms with Gasteiger partial charge in [-0.2, -0.15) is 9.94 Å². The molecule has 0 aromatic carbocycles. The van der Waals surface area contributed by atoms with Crippen molar-refractivity contribution in [3.8, 4) is 11.9 Å². The summed E-state index contributed by atoms with van der Waals surface area (Å²) in [5.74, 6) is -0.164. The van der Waals surface area contributed by atoms with Crippen LogP contribution in [0.2, 0.25) is 0 Å².